The first-order valence-corrected chi connectivity index (χ1v) is 22.1. The van der Waals surface area contributed by atoms with Crippen molar-refractivity contribution in [1.29, 1.82) is 0 Å². The van der Waals surface area contributed by atoms with Crippen molar-refractivity contribution in [2.75, 3.05) is 0 Å². The van der Waals surface area contributed by atoms with Gasteiger partial charge in [0, 0.05) is 11.8 Å². The number of aliphatic carboxylic acids is 1. The summed E-state index contributed by atoms with van der Waals surface area (Å²) in [6, 6.07) is 9.65. The number of Topliss-reactive ketones (excluding diaryl/α,β-unsaturated/α-hetero) is 1. The zero-order chi connectivity index (χ0) is 42.6. The number of carbonyl (C=O) groups is 5. The monoisotopic (exact) mass is 800 g/mol. The lowest BCUT2D eigenvalue weighted by Gasteiger charge is -2.72. The molecule has 0 spiro atoms. The molecule has 10 atom stereocenters. The number of carboxylic acid groups (broad SMARTS) is 1. The number of ether oxygens (including phenoxy) is 2. The van der Waals surface area contributed by atoms with Crippen LogP contribution in [-0.4, -0.2) is 46.3 Å². The average Bonchev–Trinajstić information content (AvgIpc) is 3.43. The van der Waals surface area contributed by atoms with Crippen LogP contribution in [0.2, 0.25) is 0 Å². The van der Waals surface area contributed by atoms with E-state index in [0.717, 1.165) is 61.7 Å². The molecule has 0 heterocycles. The van der Waals surface area contributed by atoms with Gasteiger partial charge < -0.3 is 19.9 Å². The normalized spacial score (nSPS) is 38.7. The highest BCUT2D eigenvalue weighted by molar-refractivity contribution is 6.05. The number of hydrogen-bond donors (Lipinski definition) is 2. The Morgan fingerprint density at radius 2 is 1.47 bits per heavy atom. The molecule has 6 aliphatic rings. The predicted octanol–water partition coefficient (Wildman–Crippen LogP) is 9.26. The Morgan fingerprint density at radius 1 is 0.810 bits per heavy atom. The third-order valence-electron chi connectivity index (χ3n) is 18.1. The van der Waals surface area contributed by atoms with Gasteiger partial charge in [-0.3, -0.25) is 24.0 Å². The lowest BCUT2D eigenvalue weighted by atomic mass is 9.33. The van der Waals surface area contributed by atoms with Crippen LogP contribution in [0.5, 0.6) is 0 Å². The Kier molecular flexibility index (Phi) is 10.3. The number of allylic oxidation sites excluding steroid dienone is 1. The molecule has 7 rings (SSSR count). The molecule has 1 aromatic rings. The van der Waals surface area contributed by atoms with E-state index >= 15 is 0 Å². The third kappa shape index (κ3) is 6.15. The van der Waals surface area contributed by atoms with Crippen molar-refractivity contribution < 1.29 is 38.6 Å². The smallest absolute Gasteiger partial charge is 0.318 e. The Morgan fingerprint density at radius 3 is 2.09 bits per heavy atom. The molecule has 0 saturated heterocycles. The molecule has 318 valence electrons. The van der Waals surface area contributed by atoms with E-state index < -0.39 is 28.2 Å². The molecule has 0 radical (unpaired) electrons. The fraction of sp³-hybridized carbons (Fsp3) is 0.735. The van der Waals surface area contributed by atoms with Gasteiger partial charge in [-0.25, -0.2) is 0 Å². The first kappa shape index (κ1) is 42.6. The highest BCUT2D eigenvalue weighted by Gasteiger charge is 2.71. The Bertz CT molecular complexity index is 1910. The van der Waals surface area contributed by atoms with Gasteiger partial charge in [0.2, 0.25) is 5.91 Å². The molecule has 1 aromatic carbocycles. The largest absolute Gasteiger partial charge is 0.480 e. The van der Waals surface area contributed by atoms with E-state index in [4.69, 9.17) is 9.47 Å². The van der Waals surface area contributed by atoms with Crippen LogP contribution < -0.4 is 5.32 Å². The van der Waals surface area contributed by atoms with Gasteiger partial charge in [0.15, 0.2) is 5.78 Å². The quantitative estimate of drug-likeness (QED) is 0.186. The van der Waals surface area contributed by atoms with Crippen LogP contribution in [0.25, 0.3) is 0 Å². The van der Waals surface area contributed by atoms with E-state index in [0.29, 0.717) is 24.7 Å². The summed E-state index contributed by atoms with van der Waals surface area (Å²) < 4.78 is 12.2. The summed E-state index contributed by atoms with van der Waals surface area (Å²) in [4.78, 5) is 66.9. The molecule has 5 saturated carbocycles. The molecule has 9 heteroatoms. The van der Waals surface area contributed by atoms with Gasteiger partial charge in [0.05, 0.1) is 17.4 Å². The minimum atomic E-state index is -1.62. The first-order chi connectivity index (χ1) is 26.9. The number of fused-ring (bicyclic) bond motifs is 7. The lowest BCUT2D eigenvalue weighted by Crippen LogP contribution is -2.67. The van der Waals surface area contributed by atoms with E-state index in [2.05, 4.69) is 53.8 Å². The maximum atomic E-state index is 14.0. The van der Waals surface area contributed by atoms with Crippen molar-refractivity contribution in [2.45, 2.75) is 159 Å². The molecule has 9 nitrogen and oxygen atoms in total. The van der Waals surface area contributed by atoms with Crippen LogP contribution in [0.3, 0.4) is 0 Å². The van der Waals surface area contributed by atoms with Crippen molar-refractivity contribution in [3.05, 3.63) is 47.0 Å². The second-order valence-corrected chi connectivity index (χ2v) is 22.2. The van der Waals surface area contributed by atoms with Crippen LogP contribution in [0, 0.1) is 68.0 Å². The van der Waals surface area contributed by atoms with Crippen LogP contribution in [0.15, 0.2) is 41.5 Å². The molecule has 0 unspecified atom stereocenters. The topological polar surface area (TPSA) is 136 Å². The number of hydrogen-bond acceptors (Lipinski definition) is 7. The van der Waals surface area contributed by atoms with E-state index in [1.165, 1.54) is 13.8 Å². The van der Waals surface area contributed by atoms with Crippen LogP contribution in [0.1, 0.15) is 146 Å². The molecule has 6 aliphatic carbocycles. The number of ketones is 1. The predicted molar refractivity (Wildman–Crippen MR) is 221 cm³/mol. The SMILES string of the molecule is CC(C)C1=C2[C@H]3CC[C@@H]4[C@@]5(C)CC[C@H](OC(=O)[C@H]6C[C@@H](C(=O)OCc7ccccc7)C6(C)C)C(C)(C)[C@@H]5CC[C@@]4(C)[C@]3(C)CC[C@@]2(NC(=O)C(C)(C)C(=O)O)CC1=O. The number of nitrogens with one attached hydrogen (secondary N) is 1. The lowest BCUT2D eigenvalue weighted by molar-refractivity contribution is -0.235. The standard InChI is InChI=1S/C49H69NO8/c1-28(2)37-33(51)26-49(50-41(54)45(7,8)42(55)56)24-23-47(10)30(38(37)49)17-18-35-46(9)21-20-36(44(5,6)34(46)19-22-48(35,47)11)58-40(53)32-25-31(43(32,3)4)39(52)57-27-29-15-13-12-14-16-29/h12-16,28,30-32,34-36H,17-27H2,1-11H3,(H,50,54)(H,55,56)/t30-,31+,32-,34+,35-,36+,46+,47-,48-,49-/m1/s1. The molecular formula is C49H69NO8. The highest BCUT2D eigenvalue weighted by Crippen LogP contribution is 2.76. The van der Waals surface area contributed by atoms with Gasteiger partial charge >= 0.3 is 17.9 Å². The molecule has 2 N–H and O–H groups in total. The summed E-state index contributed by atoms with van der Waals surface area (Å²) in [5.41, 5.74) is -0.535. The van der Waals surface area contributed by atoms with E-state index in [1.54, 1.807) is 0 Å². The maximum Gasteiger partial charge on any atom is 0.318 e. The van der Waals surface area contributed by atoms with Crippen molar-refractivity contribution in [1.82, 2.24) is 5.32 Å². The first-order valence-electron chi connectivity index (χ1n) is 22.1. The Balaban J connectivity index is 1.08. The fourth-order valence-electron chi connectivity index (χ4n) is 14.2. The van der Waals surface area contributed by atoms with Gasteiger partial charge in [-0.2, -0.15) is 0 Å². The molecule has 0 aliphatic heterocycles. The second-order valence-electron chi connectivity index (χ2n) is 22.2. The summed E-state index contributed by atoms with van der Waals surface area (Å²) >= 11 is 0. The van der Waals surface area contributed by atoms with Gasteiger partial charge in [-0.1, -0.05) is 92.6 Å². The molecule has 5 fully saturated rings. The van der Waals surface area contributed by atoms with Crippen molar-refractivity contribution in [2.24, 2.45) is 68.0 Å². The van der Waals surface area contributed by atoms with Gasteiger partial charge in [-0.05, 0) is 134 Å². The molecule has 1 amide bonds. The van der Waals surface area contributed by atoms with Crippen molar-refractivity contribution >= 4 is 29.6 Å². The van der Waals surface area contributed by atoms with Crippen LogP contribution in [0.4, 0.5) is 0 Å². The summed E-state index contributed by atoms with van der Waals surface area (Å²) in [6.45, 7) is 23.3. The van der Waals surface area contributed by atoms with Gasteiger partial charge in [0.1, 0.15) is 18.1 Å². The van der Waals surface area contributed by atoms with E-state index in [1.807, 2.05) is 44.2 Å². The summed E-state index contributed by atoms with van der Waals surface area (Å²) in [5.74, 6) is -1.91. The molecule has 0 aromatic heterocycles. The van der Waals surface area contributed by atoms with Crippen LogP contribution >= 0.6 is 0 Å². The Labute approximate surface area is 346 Å². The average molecular weight is 800 g/mol. The molecule has 0 bridgehead atoms. The minimum absolute atomic E-state index is 0.00135. The third-order valence-corrected chi connectivity index (χ3v) is 18.1. The van der Waals surface area contributed by atoms with Crippen molar-refractivity contribution in [3.8, 4) is 0 Å². The van der Waals surface area contributed by atoms with Crippen LogP contribution in [-0.2, 0) is 40.1 Å². The number of carbonyl (C=O) groups excluding carboxylic acids is 4. The zero-order valence-electron chi connectivity index (χ0n) is 37.0. The number of benzene rings is 1. The summed E-state index contributed by atoms with van der Waals surface area (Å²) in [5, 5.41) is 13.2. The number of carboxylic acids is 1. The summed E-state index contributed by atoms with van der Waals surface area (Å²) in [6.07, 6.45) is 7.63. The number of esters is 2. The second kappa shape index (κ2) is 14.0. The Hall–Kier alpha value is -3.49. The maximum absolute atomic E-state index is 14.0. The van der Waals surface area contributed by atoms with Gasteiger partial charge in [-0.15, -0.1) is 0 Å². The number of rotatable bonds is 9. The molecular weight excluding hydrogens is 731 g/mol. The highest BCUT2D eigenvalue weighted by atomic mass is 16.5. The molecule has 58 heavy (non-hydrogen) atoms. The zero-order valence-corrected chi connectivity index (χ0v) is 37.0. The van der Waals surface area contributed by atoms with E-state index in [-0.39, 0.29) is 82.2 Å². The van der Waals surface area contributed by atoms with E-state index in [9.17, 15) is 29.1 Å². The summed E-state index contributed by atoms with van der Waals surface area (Å²) in [7, 11) is 0. The van der Waals surface area contributed by atoms with Crippen molar-refractivity contribution in [3.63, 3.8) is 0 Å². The minimum Gasteiger partial charge on any atom is -0.480 e. The fourth-order valence-corrected chi connectivity index (χ4v) is 14.2. The van der Waals surface area contributed by atoms with Gasteiger partial charge in [0.25, 0.3) is 0 Å². The number of amides is 1.